The van der Waals surface area contributed by atoms with Crippen molar-refractivity contribution in [1.82, 2.24) is 14.6 Å². The zero-order valence-corrected chi connectivity index (χ0v) is 17.1. The summed E-state index contributed by atoms with van der Waals surface area (Å²) in [4.78, 5) is 0. The Labute approximate surface area is 160 Å². The molecule has 0 aromatic carbocycles. The molecule has 1 saturated carbocycles. The van der Waals surface area contributed by atoms with Gasteiger partial charge in [0.2, 0.25) is 16.0 Å². The summed E-state index contributed by atoms with van der Waals surface area (Å²) in [6.45, 7) is 8.87. The molecule has 7 nitrogen and oxygen atoms in total. The van der Waals surface area contributed by atoms with Gasteiger partial charge < -0.3 is 4.74 Å². The highest BCUT2D eigenvalue weighted by Gasteiger charge is 2.31. The highest BCUT2D eigenvalue weighted by molar-refractivity contribution is 7.91. The van der Waals surface area contributed by atoms with Crippen molar-refractivity contribution in [2.45, 2.75) is 51.9 Å². The third-order valence-corrected chi connectivity index (χ3v) is 5.99. The van der Waals surface area contributed by atoms with E-state index in [4.69, 9.17) is 4.74 Å². The second-order valence-corrected chi connectivity index (χ2v) is 9.23. The van der Waals surface area contributed by atoms with Crippen molar-refractivity contribution >= 4 is 21.6 Å². The van der Waals surface area contributed by atoms with Crippen molar-refractivity contribution in [3.63, 3.8) is 0 Å². The Kier molecular flexibility index (Phi) is 5.46. The molecule has 148 valence electrons. The molecule has 1 fully saturated rings. The van der Waals surface area contributed by atoms with E-state index in [1.165, 1.54) is 0 Å². The lowest BCUT2D eigenvalue weighted by molar-refractivity contribution is 0.134. The Morgan fingerprint density at radius 2 is 2.07 bits per heavy atom. The van der Waals surface area contributed by atoms with Crippen LogP contribution in [0.1, 0.15) is 57.4 Å². The summed E-state index contributed by atoms with van der Waals surface area (Å²) in [6, 6.07) is 1.86. The first-order valence-electron chi connectivity index (χ1n) is 9.41. The molecule has 2 aromatic rings. The Bertz CT molecular complexity index is 928. The van der Waals surface area contributed by atoms with Crippen LogP contribution in [0.25, 0.3) is 5.65 Å². The molecular formula is C19H28N4O3S. The van der Waals surface area contributed by atoms with E-state index in [0.29, 0.717) is 18.2 Å². The molecule has 0 atom stereocenters. The van der Waals surface area contributed by atoms with E-state index in [0.717, 1.165) is 49.7 Å². The lowest BCUT2D eigenvalue weighted by Crippen LogP contribution is -2.27. The number of nitrogens with zero attached hydrogens (tertiary/aromatic N) is 3. The van der Waals surface area contributed by atoms with Gasteiger partial charge in [0.25, 0.3) is 0 Å². The Morgan fingerprint density at radius 3 is 2.63 bits per heavy atom. The summed E-state index contributed by atoms with van der Waals surface area (Å²) in [7, 11) is -3.42. The van der Waals surface area contributed by atoms with Gasteiger partial charge in [-0.3, -0.25) is 9.12 Å². The van der Waals surface area contributed by atoms with Crippen molar-refractivity contribution in [3.8, 4) is 5.75 Å². The zero-order valence-electron chi connectivity index (χ0n) is 16.2. The van der Waals surface area contributed by atoms with E-state index < -0.39 is 10.0 Å². The number of fused-ring (bicyclic) bond motifs is 1. The molecule has 0 unspecified atom stereocenters. The van der Waals surface area contributed by atoms with E-state index in [2.05, 4.69) is 35.3 Å². The number of ether oxygens (including phenoxy) is 1. The molecule has 3 rings (SSSR count). The maximum Gasteiger partial charge on any atom is 0.242 e. The maximum absolute atomic E-state index is 11.6. The van der Waals surface area contributed by atoms with Gasteiger partial charge in [0.1, 0.15) is 5.75 Å². The topological polar surface area (TPSA) is 85.6 Å². The number of anilines is 1. The highest BCUT2D eigenvalue weighted by Crippen LogP contribution is 2.45. The van der Waals surface area contributed by atoms with Crippen LogP contribution in [0.3, 0.4) is 0 Å². The molecule has 0 aliphatic heterocycles. The molecule has 1 aliphatic rings. The summed E-state index contributed by atoms with van der Waals surface area (Å²) in [5.41, 5.74) is 1.71. The SMILES string of the molecule is C=CCC(CC)(CC)COc1cc2nnc(NS(C)(=O)=O)n2cc1C1CC1. The molecule has 27 heavy (non-hydrogen) atoms. The van der Waals surface area contributed by atoms with E-state index in [1.807, 2.05) is 18.3 Å². The molecule has 8 heteroatoms. The molecule has 2 heterocycles. The average Bonchev–Trinajstić information content (AvgIpc) is 3.40. The average molecular weight is 393 g/mol. The normalized spacial score (nSPS) is 15.1. The Balaban J connectivity index is 1.93. The van der Waals surface area contributed by atoms with Crippen LogP contribution in [0.2, 0.25) is 0 Å². The van der Waals surface area contributed by atoms with Crippen LogP contribution in [0.4, 0.5) is 5.95 Å². The number of nitrogens with one attached hydrogen (secondary N) is 1. The largest absolute Gasteiger partial charge is 0.493 e. The summed E-state index contributed by atoms with van der Waals surface area (Å²) in [5, 5.41) is 8.06. The van der Waals surface area contributed by atoms with E-state index >= 15 is 0 Å². The predicted octanol–water partition coefficient (Wildman–Crippen LogP) is 3.74. The van der Waals surface area contributed by atoms with Crippen molar-refractivity contribution in [1.29, 1.82) is 0 Å². The van der Waals surface area contributed by atoms with Crippen LogP contribution in [0, 0.1) is 5.41 Å². The van der Waals surface area contributed by atoms with Gasteiger partial charge in [-0.05, 0) is 38.0 Å². The van der Waals surface area contributed by atoms with E-state index in [-0.39, 0.29) is 11.4 Å². The third kappa shape index (κ3) is 4.43. The smallest absolute Gasteiger partial charge is 0.242 e. The van der Waals surface area contributed by atoms with Gasteiger partial charge in [0, 0.05) is 23.2 Å². The molecule has 0 bridgehead atoms. The van der Waals surface area contributed by atoms with Crippen molar-refractivity contribution in [2.75, 3.05) is 17.6 Å². The fraction of sp³-hybridized carbons (Fsp3) is 0.579. The lowest BCUT2D eigenvalue weighted by Gasteiger charge is -2.30. The molecule has 0 radical (unpaired) electrons. The van der Waals surface area contributed by atoms with E-state index in [9.17, 15) is 8.42 Å². The quantitative estimate of drug-likeness (QED) is 0.623. The van der Waals surface area contributed by atoms with E-state index in [1.54, 1.807) is 4.40 Å². The summed E-state index contributed by atoms with van der Waals surface area (Å²) >= 11 is 0. The first kappa shape index (κ1) is 19.7. The number of sulfonamides is 1. The van der Waals surface area contributed by atoms with Crippen LogP contribution < -0.4 is 9.46 Å². The molecule has 0 saturated heterocycles. The third-order valence-electron chi connectivity index (χ3n) is 5.44. The van der Waals surface area contributed by atoms with Gasteiger partial charge in [0.15, 0.2) is 5.65 Å². The highest BCUT2D eigenvalue weighted by atomic mass is 32.2. The zero-order chi connectivity index (χ0) is 19.7. The summed E-state index contributed by atoms with van der Waals surface area (Å²) in [5.74, 6) is 1.46. The minimum absolute atomic E-state index is 0.0748. The fourth-order valence-electron chi connectivity index (χ4n) is 3.33. The van der Waals surface area contributed by atoms with Crippen LogP contribution in [0.5, 0.6) is 5.75 Å². The number of allylic oxidation sites excluding steroid dienone is 1. The van der Waals surface area contributed by atoms with Crippen LogP contribution in [-0.2, 0) is 10.0 Å². The van der Waals surface area contributed by atoms with Crippen LogP contribution in [0.15, 0.2) is 24.9 Å². The minimum atomic E-state index is -3.42. The monoisotopic (exact) mass is 392 g/mol. The van der Waals surface area contributed by atoms with Gasteiger partial charge in [-0.2, -0.15) is 0 Å². The second kappa shape index (κ2) is 7.50. The van der Waals surface area contributed by atoms with Crippen LogP contribution >= 0.6 is 0 Å². The summed E-state index contributed by atoms with van der Waals surface area (Å²) < 4.78 is 33.5. The number of hydrogen-bond acceptors (Lipinski definition) is 5. The number of pyridine rings is 1. The predicted molar refractivity (Wildman–Crippen MR) is 107 cm³/mol. The molecule has 1 N–H and O–H groups in total. The van der Waals surface area contributed by atoms with Crippen molar-refractivity contribution in [3.05, 3.63) is 30.5 Å². The second-order valence-electron chi connectivity index (χ2n) is 7.48. The fourth-order valence-corrected chi connectivity index (χ4v) is 3.80. The first-order chi connectivity index (χ1) is 12.8. The van der Waals surface area contributed by atoms with Crippen molar-refractivity contribution < 1.29 is 13.2 Å². The number of aromatic nitrogens is 3. The van der Waals surface area contributed by atoms with Gasteiger partial charge >= 0.3 is 0 Å². The molecule has 1 aliphatic carbocycles. The number of rotatable bonds is 10. The molecule has 2 aromatic heterocycles. The lowest BCUT2D eigenvalue weighted by atomic mass is 9.80. The van der Waals surface area contributed by atoms with Gasteiger partial charge in [-0.1, -0.05) is 19.9 Å². The molecule has 0 amide bonds. The minimum Gasteiger partial charge on any atom is -0.493 e. The number of hydrogen-bond donors (Lipinski definition) is 1. The maximum atomic E-state index is 11.6. The van der Waals surface area contributed by atoms with Gasteiger partial charge in [-0.15, -0.1) is 16.8 Å². The summed E-state index contributed by atoms with van der Waals surface area (Å²) in [6.07, 6.45) is 10.1. The Morgan fingerprint density at radius 1 is 1.37 bits per heavy atom. The van der Waals surface area contributed by atoms with Crippen molar-refractivity contribution in [2.24, 2.45) is 5.41 Å². The molecular weight excluding hydrogens is 364 g/mol. The van der Waals surface area contributed by atoms with Gasteiger partial charge in [-0.25, -0.2) is 8.42 Å². The molecule has 0 spiro atoms. The Hall–Kier alpha value is -2.09. The van der Waals surface area contributed by atoms with Crippen LogP contribution in [-0.4, -0.2) is 35.9 Å². The standard InChI is InChI=1S/C19H28N4O3S/c1-5-10-19(6-2,7-3)13-26-16-11-17-20-21-18(22-27(4,24)25)23(17)12-15(16)14-8-9-14/h5,11-12,14H,1,6-10,13H2,2-4H3,(H,21,22). The van der Waals surface area contributed by atoms with Gasteiger partial charge in [0.05, 0.1) is 12.9 Å². The first-order valence-corrected chi connectivity index (χ1v) is 11.3.